The van der Waals surface area contributed by atoms with E-state index in [-0.39, 0.29) is 33.6 Å². The quantitative estimate of drug-likeness (QED) is 0.593. The molecule has 2 aromatic rings. The SMILES string of the molecule is [B]c1c([B])c([B])c(-c2ccc(C3=CC(=N)C(N)C=C3)cc2)c(O)c1[B]. The summed E-state index contributed by atoms with van der Waals surface area (Å²) in [6, 6.07) is 6.93. The first-order valence-corrected chi connectivity index (χ1v) is 7.60. The second-order valence-corrected chi connectivity index (χ2v) is 5.90. The Bertz CT molecular complexity index is 904. The van der Waals surface area contributed by atoms with Crippen LogP contribution in [-0.4, -0.2) is 48.2 Å². The largest absolute Gasteiger partial charge is 0.508 e. The molecule has 112 valence electrons. The molecule has 2 aromatic carbocycles. The second kappa shape index (κ2) is 6.49. The molecule has 0 saturated heterocycles. The van der Waals surface area contributed by atoms with Crippen molar-refractivity contribution in [3.8, 4) is 16.9 Å². The highest BCUT2D eigenvalue weighted by molar-refractivity contribution is 6.64. The zero-order valence-electron chi connectivity index (χ0n) is 13.5. The van der Waals surface area contributed by atoms with E-state index in [4.69, 9.17) is 42.5 Å². The standard InChI is InChI=1S/C18H12B4N2O/c19-14-13(18(25)17(22)16(21)15(14)20)9-3-1-8(2-4-9)10-5-6-11(23)12(24)7-10/h1-7,11,24-25H,23H2. The summed E-state index contributed by atoms with van der Waals surface area (Å²) in [5, 5.41) is 18.1. The number of phenolic OH excluding ortho intramolecular Hbond substituents is 1. The van der Waals surface area contributed by atoms with Gasteiger partial charge in [0, 0.05) is 5.56 Å². The number of nitrogens with two attached hydrogens (primary N) is 1. The maximum Gasteiger partial charge on any atom is 0.118 e. The van der Waals surface area contributed by atoms with Gasteiger partial charge in [-0.05, 0) is 22.8 Å². The minimum absolute atomic E-state index is 0.00568. The van der Waals surface area contributed by atoms with Crippen molar-refractivity contribution in [2.24, 2.45) is 5.73 Å². The van der Waals surface area contributed by atoms with E-state index in [1.807, 2.05) is 18.2 Å². The predicted molar refractivity (Wildman–Crippen MR) is 108 cm³/mol. The van der Waals surface area contributed by atoms with E-state index in [1.165, 1.54) is 0 Å². The number of nitrogens with one attached hydrogen (secondary N) is 1. The van der Waals surface area contributed by atoms with Crippen LogP contribution in [0.25, 0.3) is 16.7 Å². The summed E-state index contributed by atoms with van der Waals surface area (Å²) in [5.74, 6) is -0.193. The van der Waals surface area contributed by atoms with E-state index in [0.29, 0.717) is 16.8 Å². The summed E-state index contributed by atoms with van der Waals surface area (Å²) in [6.45, 7) is 0. The molecule has 0 aliphatic heterocycles. The van der Waals surface area contributed by atoms with Crippen LogP contribution in [0.4, 0.5) is 0 Å². The average Bonchev–Trinajstić information content (AvgIpc) is 2.61. The number of hydrogen-bond donors (Lipinski definition) is 3. The van der Waals surface area contributed by atoms with Gasteiger partial charge >= 0.3 is 0 Å². The Hall–Kier alpha value is -2.39. The molecule has 1 aliphatic carbocycles. The number of benzene rings is 2. The Morgan fingerprint density at radius 2 is 1.44 bits per heavy atom. The Labute approximate surface area is 152 Å². The van der Waals surface area contributed by atoms with Gasteiger partial charge in [-0.25, -0.2) is 0 Å². The average molecular weight is 316 g/mol. The van der Waals surface area contributed by atoms with Crippen LogP contribution >= 0.6 is 0 Å². The Balaban J connectivity index is 2.04. The van der Waals surface area contributed by atoms with Crippen molar-refractivity contribution in [2.45, 2.75) is 6.04 Å². The monoisotopic (exact) mass is 316 g/mol. The summed E-state index contributed by atoms with van der Waals surface area (Å²) in [5.41, 5.74) is 9.31. The van der Waals surface area contributed by atoms with Crippen molar-refractivity contribution in [2.75, 3.05) is 0 Å². The lowest BCUT2D eigenvalue weighted by molar-refractivity contribution is 0.482. The van der Waals surface area contributed by atoms with Crippen molar-refractivity contribution >= 4 is 64.5 Å². The maximum atomic E-state index is 10.3. The van der Waals surface area contributed by atoms with Crippen LogP contribution in [0.2, 0.25) is 0 Å². The van der Waals surface area contributed by atoms with Gasteiger partial charge in [0.2, 0.25) is 0 Å². The van der Waals surface area contributed by atoms with Crippen LogP contribution in [0.3, 0.4) is 0 Å². The highest BCUT2D eigenvalue weighted by atomic mass is 16.3. The lowest BCUT2D eigenvalue weighted by Crippen LogP contribution is -2.48. The van der Waals surface area contributed by atoms with Gasteiger partial charge < -0.3 is 16.2 Å². The lowest BCUT2D eigenvalue weighted by atomic mass is 9.64. The molecule has 0 heterocycles. The molecular formula is C18H12B4N2O. The molecule has 1 unspecified atom stereocenters. The van der Waals surface area contributed by atoms with Gasteiger partial charge in [-0.1, -0.05) is 47.3 Å². The highest BCUT2D eigenvalue weighted by Crippen LogP contribution is 2.27. The minimum Gasteiger partial charge on any atom is -0.508 e. The van der Waals surface area contributed by atoms with Crippen LogP contribution < -0.4 is 27.6 Å². The van der Waals surface area contributed by atoms with Gasteiger partial charge in [-0.15, -0.1) is 10.9 Å². The third-order valence-electron chi connectivity index (χ3n) is 4.29. The van der Waals surface area contributed by atoms with Gasteiger partial charge in [-0.2, -0.15) is 0 Å². The molecule has 3 rings (SSSR count). The number of aromatic hydroxyl groups is 1. The lowest BCUT2D eigenvalue weighted by Gasteiger charge is -2.19. The molecule has 0 spiro atoms. The van der Waals surface area contributed by atoms with Crippen LogP contribution in [0.1, 0.15) is 5.56 Å². The molecule has 7 heteroatoms. The Kier molecular flexibility index (Phi) is 4.53. The summed E-state index contributed by atoms with van der Waals surface area (Å²) < 4.78 is 0. The van der Waals surface area contributed by atoms with Crippen molar-refractivity contribution < 1.29 is 5.11 Å². The number of hydrogen-bond acceptors (Lipinski definition) is 3. The van der Waals surface area contributed by atoms with Gasteiger partial charge in [0.05, 0.1) is 11.8 Å². The van der Waals surface area contributed by atoms with E-state index in [0.717, 1.165) is 11.1 Å². The fourth-order valence-electron chi connectivity index (χ4n) is 2.74. The molecule has 8 radical (unpaired) electrons. The van der Waals surface area contributed by atoms with Crippen molar-refractivity contribution in [1.82, 2.24) is 0 Å². The zero-order valence-corrected chi connectivity index (χ0v) is 13.5. The van der Waals surface area contributed by atoms with Crippen LogP contribution in [0.5, 0.6) is 5.75 Å². The van der Waals surface area contributed by atoms with Crippen LogP contribution in [0, 0.1) is 5.41 Å². The van der Waals surface area contributed by atoms with E-state index >= 15 is 0 Å². The first kappa shape index (κ1) is 17.4. The molecule has 3 nitrogen and oxygen atoms in total. The summed E-state index contributed by atoms with van der Waals surface area (Å²) >= 11 is 0. The molecule has 1 aliphatic rings. The molecule has 4 N–H and O–H groups in total. The first-order chi connectivity index (χ1) is 11.8. The number of allylic oxidation sites excluding steroid dienone is 2. The van der Waals surface area contributed by atoms with Crippen LogP contribution in [-0.2, 0) is 0 Å². The van der Waals surface area contributed by atoms with Crippen molar-refractivity contribution in [3.05, 3.63) is 48.1 Å². The topological polar surface area (TPSA) is 70.1 Å². The second-order valence-electron chi connectivity index (χ2n) is 5.90. The highest BCUT2D eigenvalue weighted by Gasteiger charge is 2.15. The summed E-state index contributed by atoms with van der Waals surface area (Å²) in [6.07, 6.45) is 5.38. The normalized spacial score (nSPS) is 16.8. The molecule has 0 fully saturated rings. The van der Waals surface area contributed by atoms with E-state index < -0.39 is 0 Å². The van der Waals surface area contributed by atoms with E-state index in [9.17, 15) is 5.11 Å². The summed E-state index contributed by atoms with van der Waals surface area (Å²) in [4.78, 5) is 0. The third-order valence-corrected chi connectivity index (χ3v) is 4.29. The Morgan fingerprint density at radius 3 is 2.04 bits per heavy atom. The van der Waals surface area contributed by atoms with E-state index in [1.54, 1.807) is 24.3 Å². The van der Waals surface area contributed by atoms with Crippen molar-refractivity contribution in [3.63, 3.8) is 0 Å². The fourth-order valence-corrected chi connectivity index (χ4v) is 2.74. The molecule has 0 bridgehead atoms. The first-order valence-electron chi connectivity index (χ1n) is 7.60. The molecule has 0 saturated carbocycles. The van der Waals surface area contributed by atoms with Gasteiger partial charge in [0.25, 0.3) is 0 Å². The molecular weight excluding hydrogens is 303 g/mol. The number of rotatable bonds is 2. The molecule has 1 atom stereocenters. The van der Waals surface area contributed by atoms with Crippen molar-refractivity contribution in [1.29, 1.82) is 5.41 Å². The van der Waals surface area contributed by atoms with Gasteiger partial charge in [0.1, 0.15) is 37.1 Å². The number of phenols is 1. The predicted octanol–water partition coefficient (Wildman–Crippen LogP) is -1.47. The minimum atomic E-state index is -0.375. The van der Waals surface area contributed by atoms with Gasteiger partial charge in [0.15, 0.2) is 0 Å². The van der Waals surface area contributed by atoms with Crippen LogP contribution in [0.15, 0.2) is 42.5 Å². The summed E-state index contributed by atoms with van der Waals surface area (Å²) in [7, 11) is 23.4. The smallest absolute Gasteiger partial charge is 0.118 e. The molecule has 0 amide bonds. The van der Waals surface area contributed by atoms with Gasteiger partial charge in [-0.3, -0.25) is 0 Å². The Morgan fingerprint density at radius 1 is 0.880 bits per heavy atom. The third kappa shape index (κ3) is 3.00. The van der Waals surface area contributed by atoms with E-state index in [2.05, 4.69) is 0 Å². The molecule has 25 heavy (non-hydrogen) atoms. The maximum absolute atomic E-state index is 10.3. The zero-order chi connectivity index (χ0) is 18.3. The fraction of sp³-hybridized carbons (Fsp3) is 0.0556. The molecule has 0 aromatic heterocycles.